The third-order valence-corrected chi connectivity index (χ3v) is 9.84. The van der Waals surface area contributed by atoms with Gasteiger partial charge in [-0.05, 0) is 83.1 Å². The van der Waals surface area contributed by atoms with Crippen molar-refractivity contribution in [2.45, 2.75) is 94.7 Å². The largest absolute Gasteiger partial charge is 0.485 e. The SMILES string of the molecule is CC1(C)C(NC(=O)/C(=N\O[C@](C)(C(=O)O)C2CCc3cc(C(N)=NC4CCC(N)CC4)ccc3O2)c2csc(N)n2)C(=O)N1OS(=O)(=O)O. The van der Waals surface area contributed by atoms with Crippen LogP contribution in [0.1, 0.15) is 69.7 Å². The maximum atomic E-state index is 13.5. The molecule has 266 valence electrons. The van der Waals surface area contributed by atoms with Crippen LogP contribution in [0.5, 0.6) is 5.75 Å². The van der Waals surface area contributed by atoms with E-state index in [0.717, 1.165) is 48.1 Å². The average Bonchev–Trinajstić information content (AvgIpc) is 3.47. The minimum atomic E-state index is -5.03. The number of nitrogens with zero attached hydrogens (tertiary/aromatic N) is 4. The van der Waals surface area contributed by atoms with Crippen molar-refractivity contribution < 1.29 is 46.3 Å². The standard InChI is InChI=1S/C29H38N8O10S2/c1-28(2)22(25(39)37(28)47-49(42,43)44)35-24(38)21(18-13-48-27(32)34-18)36-46-29(3,26(40)41)20-11-5-14-12-15(4-10-19(14)45-20)23(31)33-17-8-6-16(30)7-9-17/h4,10,12-13,16-17,20,22H,5-9,11,30H2,1-3H3,(H2,31,33)(H2,32,34)(H,35,38)(H,40,41)(H,42,43,44)/b36-21-/t16?,17?,20?,22?,29-/m0/s1. The molecule has 5 rings (SSSR count). The number of amides is 2. The highest BCUT2D eigenvalue weighted by atomic mass is 32.3. The minimum absolute atomic E-state index is 0.0597. The normalized spacial score (nSPS) is 25.3. The molecule has 49 heavy (non-hydrogen) atoms. The van der Waals surface area contributed by atoms with Gasteiger partial charge in [-0.15, -0.1) is 15.6 Å². The summed E-state index contributed by atoms with van der Waals surface area (Å²) in [4.78, 5) is 53.0. The molecule has 1 aliphatic carbocycles. The van der Waals surface area contributed by atoms with E-state index < -0.39 is 57.2 Å². The molecular formula is C29H38N8O10S2. The second-order valence-corrected chi connectivity index (χ2v) is 14.7. The van der Waals surface area contributed by atoms with Crippen LogP contribution in [-0.2, 0) is 40.3 Å². The molecule has 2 fully saturated rings. The van der Waals surface area contributed by atoms with Crippen LogP contribution in [-0.4, -0.2) is 92.8 Å². The van der Waals surface area contributed by atoms with Crippen molar-refractivity contribution in [3.05, 3.63) is 40.4 Å². The number of aryl methyl sites for hydroxylation is 1. The van der Waals surface area contributed by atoms with Gasteiger partial charge in [0.05, 0.1) is 11.6 Å². The Balaban J connectivity index is 1.34. The van der Waals surface area contributed by atoms with Crippen molar-refractivity contribution in [3.8, 4) is 5.75 Å². The van der Waals surface area contributed by atoms with Gasteiger partial charge in [-0.1, -0.05) is 5.16 Å². The van der Waals surface area contributed by atoms with Crippen molar-refractivity contribution in [1.29, 1.82) is 0 Å². The number of amidine groups is 1. The van der Waals surface area contributed by atoms with Gasteiger partial charge in [-0.3, -0.25) is 19.1 Å². The third kappa shape index (κ3) is 7.62. The number of oxime groups is 1. The molecule has 18 nitrogen and oxygen atoms in total. The number of aromatic nitrogens is 1. The van der Waals surface area contributed by atoms with Crippen LogP contribution < -0.4 is 27.3 Å². The molecule has 9 N–H and O–H groups in total. The lowest BCUT2D eigenvalue weighted by Crippen LogP contribution is -2.76. The van der Waals surface area contributed by atoms with Gasteiger partial charge >= 0.3 is 16.4 Å². The molecule has 2 amide bonds. The zero-order valence-electron chi connectivity index (χ0n) is 26.9. The maximum Gasteiger partial charge on any atom is 0.418 e. The lowest BCUT2D eigenvalue weighted by atomic mass is 9.84. The molecule has 1 saturated carbocycles. The van der Waals surface area contributed by atoms with E-state index in [0.29, 0.717) is 23.1 Å². The first-order valence-corrected chi connectivity index (χ1v) is 17.5. The first kappa shape index (κ1) is 35.9. The maximum absolute atomic E-state index is 13.5. The number of nitrogen functional groups attached to an aromatic ring is 1. The smallest absolute Gasteiger partial charge is 0.418 e. The summed E-state index contributed by atoms with van der Waals surface area (Å²) in [6.45, 7) is 3.99. The Labute approximate surface area is 285 Å². The van der Waals surface area contributed by atoms with Crippen LogP contribution in [0.25, 0.3) is 0 Å². The number of fused-ring (bicyclic) bond motifs is 1. The van der Waals surface area contributed by atoms with Gasteiger partial charge in [0.1, 0.15) is 23.3 Å². The van der Waals surface area contributed by atoms with Crippen molar-refractivity contribution in [1.82, 2.24) is 15.4 Å². The van der Waals surface area contributed by atoms with E-state index in [2.05, 4.69) is 24.7 Å². The Morgan fingerprint density at radius 1 is 1.22 bits per heavy atom. The van der Waals surface area contributed by atoms with Gasteiger partial charge in [0, 0.05) is 17.0 Å². The van der Waals surface area contributed by atoms with Crippen LogP contribution in [0, 0.1) is 0 Å². The van der Waals surface area contributed by atoms with Crippen LogP contribution in [0.4, 0.5) is 5.13 Å². The number of ether oxygens (including phenoxy) is 1. The summed E-state index contributed by atoms with van der Waals surface area (Å²) < 4.78 is 41.8. The lowest BCUT2D eigenvalue weighted by molar-refractivity contribution is -0.218. The number of β-lactam (4-membered cyclic amide) rings is 1. The number of aliphatic carboxylic acids is 1. The Morgan fingerprint density at radius 3 is 2.51 bits per heavy atom. The lowest BCUT2D eigenvalue weighted by Gasteiger charge is -2.50. The average molecular weight is 723 g/mol. The molecule has 2 unspecified atom stereocenters. The van der Waals surface area contributed by atoms with Crippen LogP contribution in [0.15, 0.2) is 33.7 Å². The number of carbonyl (C=O) groups is 3. The van der Waals surface area contributed by atoms with Gasteiger partial charge in [-0.25, -0.2) is 9.78 Å². The Kier molecular flexibility index (Phi) is 9.90. The highest BCUT2D eigenvalue weighted by molar-refractivity contribution is 7.80. The molecule has 2 aromatic rings. The number of hydrogen-bond acceptors (Lipinski definition) is 14. The van der Waals surface area contributed by atoms with Crippen LogP contribution in [0.2, 0.25) is 0 Å². The number of aliphatic imine (C=N–C) groups is 1. The number of hydrogen-bond donors (Lipinski definition) is 6. The predicted octanol–water partition coefficient (Wildman–Crippen LogP) is 0.498. The molecular weight excluding hydrogens is 684 g/mol. The summed E-state index contributed by atoms with van der Waals surface area (Å²) in [5, 5.41) is 18.4. The number of rotatable bonds is 11. The number of carboxylic acid groups (broad SMARTS) is 1. The Bertz CT molecular complexity index is 1800. The van der Waals surface area contributed by atoms with Gasteiger partial charge in [-0.2, -0.15) is 13.5 Å². The number of nitrogens with two attached hydrogens (primary N) is 3. The first-order valence-electron chi connectivity index (χ1n) is 15.3. The number of benzene rings is 1. The highest BCUT2D eigenvalue weighted by Gasteiger charge is 2.58. The number of carbonyl (C=O) groups excluding carboxylic acids is 2. The monoisotopic (exact) mass is 722 g/mol. The van der Waals surface area contributed by atoms with Crippen molar-refractivity contribution in [3.63, 3.8) is 0 Å². The summed E-state index contributed by atoms with van der Waals surface area (Å²) in [6.07, 6.45) is 3.07. The fourth-order valence-electron chi connectivity index (χ4n) is 5.83. The molecule has 1 saturated heterocycles. The molecule has 1 aromatic heterocycles. The second-order valence-electron chi connectivity index (χ2n) is 12.8. The Hall–Kier alpha value is -4.37. The fourth-order valence-corrected chi connectivity index (χ4v) is 6.84. The molecule has 3 heterocycles. The molecule has 0 radical (unpaired) electrons. The number of hydroxylamine groups is 2. The van der Waals surface area contributed by atoms with Gasteiger partial charge in [0.15, 0.2) is 16.9 Å². The van der Waals surface area contributed by atoms with E-state index in [9.17, 15) is 27.9 Å². The first-order chi connectivity index (χ1) is 22.9. The molecule has 1 aromatic carbocycles. The van der Waals surface area contributed by atoms with Crippen molar-refractivity contribution >= 4 is 56.2 Å². The third-order valence-electron chi connectivity index (χ3n) is 8.83. The molecule has 0 bridgehead atoms. The Morgan fingerprint density at radius 2 is 1.92 bits per heavy atom. The second kappa shape index (κ2) is 13.5. The number of thiazole rings is 1. The number of nitrogens with one attached hydrogen (secondary N) is 1. The summed E-state index contributed by atoms with van der Waals surface area (Å²) in [7, 11) is -5.03. The fraction of sp³-hybridized carbons (Fsp3) is 0.517. The minimum Gasteiger partial charge on any atom is -0.485 e. The van der Waals surface area contributed by atoms with E-state index in [1.54, 1.807) is 12.1 Å². The summed E-state index contributed by atoms with van der Waals surface area (Å²) in [6, 6.07) is 4.25. The zero-order valence-corrected chi connectivity index (χ0v) is 28.5. The van der Waals surface area contributed by atoms with Crippen molar-refractivity contribution in [2.75, 3.05) is 5.73 Å². The van der Waals surface area contributed by atoms with Gasteiger partial charge in [0.2, 0.25) is 0 Å². The predicted molar refractivity (Wildman–Crippen MR) is 176 cm³/mol. The zero-order chi connectivity index (χ0) is 35.9. The van der Waals surface area contributed by atoms with E-state index in [1.165, 1.54) is 26.2 Å². The summed E-state index contributed by atoms with van der Waals surface area (Å²) >= 11 is 0.966. The number of carboxylic acids is 1. The molecule has 2 aliphatic heterocycles. The van der Waals surface area contributed by atoms with Crippen molar-refractivity contribution in [2.24, 2.45) is 21.6 Å². The van der Waals surface area contributed by atoms with E-state index in [-0.39, 0.29) is 29.3 Å². The molecule has 3 atom stereocenters. The highest BCUT2D eigenvalue weighted by Crippen LogP contribution is 2.35. The molecule has 20 heteroatoms. The van der Waals surface area contributed by atoms with Gasteiger partial charge < -0.3 is 37.2 Å². The van der Waals surface area contributed by atoms with E-state index in [1.807, 2.05) is 6.07 Å². The van der Waals surface area contributed by atoms with Crippen LogP contribution >= 0.6 is 11.3 Å². The van der Waals surface area contributed by atoms with Crippen LogP contribution in [0.3, 0.4) is 0 Å². The quantitative estimate of drug-likeness (QED) is 0.0606. The molecule has 0 spiro atoms. The summed E-state index contributed by atoms with van der Waals surface area (Å²) in [5.74, 6) is -2.63. The molecule has 3 aliphatic rings. The van der Waals surface area contributed by atoms with Gasteiger partial charge in [0.25, 0.3) is 17.4 Å². The van der Waals surface area contributed by atoms with E-state index >= 15 is 0 Å². The number of anilines is 1. The topological polar surface area (TPSA) is 284 Å². The summed E-state index contributed by atoms with van der Waals surface area (Å²) in [5.41, 5.74) is 15.4. The van der Waals surface area contributed by atoms with E-state index in [4.69, 9.17) is 31.3 Å².